The Hall–Kier alpha value is -2.09. The molecule has 0 bridgehead atoms. The van der Waals surface area contributed by atoms with Crippen LogP contribution in [0.15, 0.2) is 23.4 Å². The predicted octanol–water partition coefficient (Wildman–Crippen LogP) is 0.853. The summed E-state index contributed by atoms with van der Waals surface area (Å²) >= 11 is 0. The van der Waals surface area contributed by atoms with Crippen molar-refractivity contribution in [2.45, 2.75) is 6.43 Å². The highest BCUT2D eigenvalue weighted by atomic mass is 19.3. The van der Waals surface area contributed by atoms with Gasteiger partial charge in [-0.1, -0.05) is 5.16 Å². The number of alkyl halides is 2. The summed E-state index contributed by atoms with van der Waals surface area (Å²) in [4.78, 5) is 1.25. The number of hydrogen-bond donors (Lipinski definition) is 3. The zero-order valence-corrected chi connectivity index (χ0v) is 11.0. The summed E-state index contributed by atoms with van der Waals surface area (Å²) in [6, 6.07) is 4.56. The average molecular weight is 289 g/mol. The summed E-state index contributed by atoms with van der Waals surface area (Å²) in [6.45, 7) is -0.901. The molecule has 0 aliphatic rings. The number of halogens is 2. The normalized spacial score (nSPS) is 11.8. The van der Waals surface area contributed by atoms with Gasteiger partial charge in [0.05, 0.1) is 25.9 Å². The second kappa shape index (κ2) is 7.49. The lowest BCUT2D eigenvalue weighted by Crippen LogP contribution is -2.33. The van der Waals surface area contributed by atoms with Crippen LogP contribution in [0.2, 0.25) is 0 Å². The van der Waals surface area contributed by atoms with Gasteiger partial charge in [0.25, 0.3) is 6.43 Å². The number of hydrogen-bond acceptors (Lipinski definition) is 5. The van der Waals surface area contributed by atoms with Gasteiger partial charge >= 0.3 is 0 Å². The van der Waals surface area contributed by atoms with Gasteiger partial charge in [0.2, 0.25) is 0 Å². The molecule has 0 aliphatic heterocycles. The van der Waals surface area contributed by atoms with Gasteiger partial charge < -0.3 is 25.7 Å². The van der Waals surface area contributed by atoms with E-state index in [1.807, 2.05) is 0 Å². The SMILES string of the molecule is COc1ccc(/C(N)=N/O)c(N(CCO)CC(F)F)c1. The number of aliphatic hydroxyl groups excluding tert-OH is 1. The molecule has 1 aromatic carbocycles. The van der Waals surface area contributed by atoms with Gasteiger partial charge in [-0.15, -0.1) is 0 Å². The summed E-state index contributed by atoms with van der Waals surface area (Å²) in [5.41, 5.74) is 6.11. The number of nitrogens with two attached hydrogens (primary N) is 1. The molecule has 0 radical (unpaired) electrons. The standard InChI is InChI=1S/C12H17F2N3O3/c1-20-8-2-3-9(12(15)16-19)10(6-8)17(4-5-18)7-11(13)14/h2-3,6,11,18-19H,4-5,7H2,1H3,(H2,15,16). The fraction of sp³-hybridized carbons (Fsp3) is 0.417. The van der Waals surface area contributed by atoms with Crippen LogP contribution in [0, 0.1) is 0 Å². The molecule has 112 valence electrons. The van der Waals surface area contributed by atoms with Crippen molar-refractivity contribution < 1.29 is 23.8 Å². The minimum Gasteiger partial charge on any atom is -0.497 e. The van der Waals surface area contributed by atoms with Crippen LogP contribution in [0.4, 0.5) is 14.5 Å². The molecule has 0 heterocycles. The largest absolute Gasteiger partial charge is 0.497 e. The maximum atomic E-state index is 12.6. The third kappa shape index (κ3) is 3.95. The maximum Gasteiger partial charge on any atom is 0.255 e. The summed E-state index contributed by atoms with van der Waals surface area (Å²) in [6.07, 6.45) is -2.59. The van der Waals surface area contributed by atoms with Crippen molar-refractivity contribution in [2.75, 3.05) is 31.7 Å². The zero-order chi connectivity index (χ0) is 15.1. The van der Waals surface area contributed by atoms with E-state index in [1.54, 1.807) is 6.07 Å². The molecule has 0 saturated carbocycles. The Bertz CT molecular complexity index is 469. The number of aliphatic hydroxyl groups is 1. The first-order valence-electron chi connectivity index (χ1n) is 5.83. The van der Waals surface area contributed by atoms with E-state index in [2.05, 4.69) is 5.16 Å². The van der Waals surface area contributed by atoms with Crippen LogP contribution in [0.5, 0.6) is 5.75 Å². The fourth-order valence-corrected chi connectivity index (χ4v) is 1.77. The van der Waals surface area contributed by atoms with Crippen molar-refractivity contribution in [1.29, 1.82) is 0 Å². The number of nitrogens with zero attached hydrogens (tertiary/aromatic N) is 2. The Labute approximate surface area is 115 Å². The molecule has 0 atom stereocenters. The monoisotopic (exact) mass is 289 g/mol. The molecule has 8 heteroatoms. The third-order valence-corrected chi connectivity index (χ3v) is 2.66. The Balaban J connectivity index is 3.27. The topological polar surface area (TPSA) is 91.3 Å². The quantitative estimate of drug-likeness (QED) is 0.300. The van der Waals surface area contributed by atoms with E-state index in [9.17, 15) is 8.78 Å². The minimum atomic E-state index is -2.59. The molecule has 0 amide bonds. The van der Waals surface area contributed by atoms with E-state index in [1.165, 1.54) is 24.1 Å². The van der Waals surface area contributed by atoms with Crippen molar-refractivity contribution >= 4 is 11.5 Å². The van der Waals surface area contributed by atoms with Crippen molar-refractivity contribution in [3.63, 3.8) is 0 Å². The summed E-state index contributed by atoms with van der Waals surface area (Å²) in [5, 5.41) is 20.6. The first-order valence-corrected chi connectivity index (χ1v) is 5.83. The van der Waals surface area contributed by atoms with Crippen molar-refractivity contribution in [3.05, 3.63) is 23.8 Å². The molecule has 0 aromatic heterocycles. The number of oxime groups is 1. The van der Waals surface area contributed by atoms with Crippen LogP contribution in [0.25, 0.3) is 0 Å². The summed E-state index contributed by atoms with van der Waals surface area (Å²) in [7, 11) is 1.44. The molecule has 0 fully saturated rings. The van der Waals surface area contributed by atoms with Crippen LogP contribution in [0.1, 0.15) is 5.56 Å². The summed E-state index contributed by atoms with van der Waals surface area (Å²) < 4.78 is 30.3. The highest BCUT2D eigenvalue weighted by Gasteiger charge is 2.18. The molecule has 1 rings (SSSR count). The van der Waals surface area contributed by atoms with E-state index in [4.69, 9.17) is 20.8 Å². The van der Waals surface area contributed by atoms with Crippen LogP contribution >= 0.6 is 0 Å². The van der Waals surface area contributed by atoms with Gasteiger partial charge in [0.1, 0.15) is 5.75 Å². The van der Waals surface area contributed by atoms with Gasteiger partial charge in [0.15, 0.2) is 5.84 Å². The van der Waals surface area contributed by atoms with Crippen LogP contribution < -0.4 is 15.4 Å². The molecular formula is C12H17F2N3O3. The number of amidine groups is 1. The predicted molar refractivity (Wildman–Crippen MR) is 70.8 cm³/mol. The molecule has 0 saturated heterocycles. The van der Waals surface area contributed by atoms with E-state index >= 15 is 0 Å². The van der Waals surface area contributed by atoms with Gasteiger partial charge in [0, 0.05) is 18.2 Å². The van der Waals surface area contributed by atoms with E-state index in [0.717, 1.165) is 0 Å². The average Bonchev–Trinajstić information content (AvgIpc) is 2.45. The Kier molecular flexibility index (Phi) is 5.98. The lowest BCUT2D eigenvalue weighted by atomic mass is 10.1. The zero-order valence-electron chi connectivity index (χ0n) is 11.0. The molecule has 4 N–H and O–H groups in total. The van der Waals surface area contributed by atoms with E-state index < -0.39 is 13.0 Å². The maximum absolute atomic E-state index is 12.6. The lowest BCUT2D eigenvalue weighted by molar-refractivity contribution is 0.153. The first-order chi connectivity index (χ1) is 9.53. The van der Waals surface area contributed by atoms with Crippen LogP contribution in [0.3, 0.4) is 0 Å². The number of benzene rings is 1. The van der Waals surface area contributed by atoms with Gasteiger partial charge in [-0.25, -0.2) is 8.78 Å². The molecule has 0 aliphatic carbocycles. The number of anilines is 1. The van der Waals surface area contributed by atoms with Gasteiger partial charge in [-0.3, -0.25) is 0 Å². The number of methoxy groups -OCH3 is 1. The molecule has 0 spiro atoms. The Morgan fingerprint density at radius 2 is 2.20 bits per heavy atom. The Morgan fingerprint density at radius 1 is 1.50 bits per heavy atom. The van der Waals surface area contributed by atoms with Crippen molar-refractivity contribution in [1.82, 2.24) is 0 Å². The number of rotatable bonds is 7. The lowest BCUT2D eigenvalue weighted by Gasteiger charge is -2.26. The highest BCUT2D eigenvalue weighted by Crippen LogP contribution is 2.26. The smallest absolute Gasteiger partial charge is 0.255 e. The minimum absolute atomic E-state index is 0.0107. The first kappa shape index (κ1) is 16.0. The fourth-order valence-electron chi connectivity index (χ4n) is 1.77. The number of ether oxygens (including phenoxy) is 1. The van der Waals surface area contributed by atoms with Gasteiger partial charge in [-0.05, 0) is 12.1 Å². The molecule has 0 unspecified atom stereocenters. The van der Waals surface area contributed by atoms with Gasteiger partial charge in [-0.2, -0.15) is 0 Å². The van der Waals surface area contributed by atoms with E-state index in [-0.39, 0.29) is 24.6 Å². The van der Waals surface area contributed by atoms with Crippen LogP contribution in [-0.4, -0.2) is 49.4 Å². The third-order valence-electron chi connectivity index (χ3n) is 2.66. The van der Waals surface area contributed by atoms with Crippen molar-refractivity contribution in [2.24, 2.45) is 10.9 Å². The second-order valence-corrected chi connectivity index (χ2v) is 3.93. The highest BCUT2D eigenvalue weighted by molar-refractivity contribution is 6.02. The molecular weight excluding hydrogens is 272 g/mol. The molecule has 6 nitrogen and oxygen atoms in total. The second-order valence-electron chi connectivity index (χ2n) is 3.93. The Morgan fingerprint density at radius 3 is 2.70 bits per heavy atom. The summed E-state index contributed by atoms with van der Waals surface area (Å²) in [5.74, 6) is 0.228. The van der Waals surface area contributed by atoms with Crippen molar-refractivity contribution in [3.8, 4) is 5.75 Å². The molecule has 1 aromatic rings. The molecule has 20 heavy (non-hydrogen) atoms. The van der Waals surface area contributed by atoms with E-state index in [0.29, 0.717) is 11.4 Å². The van der Waals surface area contributed by atoms with Crippen LogP contribution in [-0.2, 0) is 0 Å².